The number of carbonyl (C=O) groups excluding carboxylic acids is 2. The Morgan fingerprint density at radius 2 is 1.82 bits per heavy atom. The van der Waals surface area contributed by atoms with Crippen LogP contribution in [0.3, 0.4) is 0 Å². The molecule has 6 heteroatoms. The van der Waals surface area contributed by atoms with Crippen LogP contribution in [-0.4, -0.2) is 40.3 Å². The maximum atomic E-state index is 12.7. The number of hydrogen-bond donors (Lipinski definition) is 1. The van der Waals surface area contributed by atoms with Gasteiger partial charge in [0.25, 0.3) is 11.8 Å². The lowest BCUT2D eigenvalue weighted by Gasteiger charge is -2.17. The molecule has 2 aromatic heterocycles. The Hall–Kier alpha value is -3.54. The minimum Gasteiger partial charge on any atom is -0.341 e. The summed E-state index contributed by atoms with van der Waals surface area (Å²) in [5, 5.41) is 2.81. The van der Waals surface area contributed by atoms with Crippen LogP contribution in [0.4, 0.5) is 5.69 Å². The molecule has 0 saturated carbocycles. The van der Waals surface area contributed by atoms with E-state index in [1.165, 1.54) is 12.3 Å². The summed E-state index contributed by atoms with van der Waals surface area (Å²) in [6.07, 6.45) is 5.68. The molecule has 0 spiro atoms. The molecule has 0 saturated heterocycles. The largest absolute Gasteiger partial charge is 0.341 e. The highest BCUT2D eigenvalue weighted by molar-refractivity contribution is 6.04. The van der Waals surface area contributed by atoms with Crippen LogP contribution < -0.4 is 5.32 Å². The molecular formula is C22H22N4O2. The minimum atomic E-state index is -0.348. The molecule has 2 heterocycles. The van der Waals surface area contributed by atoms with E-state index in [0.29, 0.717) is 17.8 Å². The van der Waals surface area contributed by atoms with Gasteiger partial charge < -0.3 is 10.2 Å². The zero-order valence-corrected chi connectivity index (χ0v) is 15.9. The van der Waals surface area contributed by atoms with Crippen molar-refractivity contribution in [2.75, 3.05) is 18.9 Å². The molecule has 142 valence electrons. The summed E-state index contributed by atoms with van der Waals surface area (Å²) in [6, 6.07) is 14.5. The number of pyridine rings is 2. The zero-order chi connectivity index (χ0) is 19.9. The summed E-state index contributed by atoms with van der Waals surface area (Å²) in [5.74, 6) is -0.499. The number of aromatic nitrogens is 2. The fraction of sp³-hybridized carbons (Fsp3) is 0.182. The van der Waals surface area contributed by atoms with Gasteiger partial charge in [-0.25, -0.2) is 0 Å². The van der Waals surface area contributed by atoms with E-state index in [1.807, 2.05) is 43.3 Å². The van der Waals surface area contributed by atoms with Gasteiger partial charge in [-0.05, 0) is 60.9 Å². The summed E-state index contributed by atoms with van der Waals surface area (Å²) >= 11 is 0. The fourth-order valence-corrected chi connectivity index (χ4v) is 2.77. The summed E-state index contributed by atoms with van der Waals surface area (Å²) < 4.78 is 0. The first kappa shape index (κ1) is 19.2. The second-order valence-corrected chi connectivity index (χ2v) is 6.59. The fourth-order valence-electron chi connectivity index (χ4n) is 2.77. The third-order valence-electron chi connectivity index (χ3n) is 4.35. The van der Waals surface area contributed by atoms with Crippen molar-refractivity contribution in [3.05, 3.63) is 89.5 Å². The lowest BCUT2D eigenvalue weighted by atomic mass is 10.1. The minimum absolute atomic E-state index is 0.152. The van der Waals surface area contributed by atoms with Crippen molar-refractivity contribution in [3.63, 3.8) is 0 Å². The third-order valence-corrected chi connectivity index (χ3v) is 4.35. The average Bonchev–Trinajstić information content (AvgIpc) is 2.72. The maximum Gasteiger partial charge on any atom is 0.274 e. The normalized spacial score (nSPS) is 10.4. The molecule has 0 fully saturated rings. The molecule has 0 unspecified atom stereocenters. The standard InChI is InChI=1S/C22H22N4O2/c1-16-4-3-5-19(14-16)25-21(27)20-15-18(8-12-24-20)22(28)26(2)13-9-17-6-10-23-11-7-17/h3-8,10-12,14-15H,9,13H2,1-2H3,(H,25,27). The number of anilines is 1. The molecule has 0 aliphatic carbocycles. The maximum absolute atomic E-state index is 12.7. The predicted molar refractivity (Wildman–Crippen MR) is 108 cm³/mol. The number of benzene rings is 1. The molecule has 0 aliphatic heterocycles. The van der Waals surface area contributed by atoms with Gasteiger partial charge in [-0.3, -0.25) is 19.6 Å². The number of nitrogens with one attached hydrogen (secondary N) is 1. The van der Waals surface area contributed by atoms with Crippen molar-refractivity contribution in [2.45, 2.75) is 13.3 Å². The van der Waals surface area contributed by atoms with Gasteiger partial charge in [0.2, 0.25) is 0 Å². The van der Waals surface area contributed by atoms with Crippen LogP contribution in [0.1, 0.15) is 32.0 Å². The molecule has 3 rings (SSSR count). The van der Waals surface area contributed by atoms with Crippen molar-refractivity contribution in [1.82, 2.24) is 14.9 Å². The van der Waals surface area contributed by atoms with E-state index < -0.39 is 0 Å². The Morgan fingerprint density at radius 3 is 2.57 bits per heavy atom. The Kier molecular flexibility index (Phi) is 6.11. The molecule has 0 atom stereocenters. The first-order valence-corrected chi connectivity index (χ1v) is 9.01. The average molecular weight is 374 g/mol. The summed E-state index contributed by atoms with van der Waals surface area (Å²) in [7, 11) is 1.75. The highest BCUT2D eigenvalue weighted by atomic mass is 16.2. The van der Waals surface area contributed by atoms with Crippen molar-refractivity contribution in [3.8, 4) is 0 Å². The quantitative estimate of drug-likeness (QED) is 0.718. The van der Waals surface area contributed by atoms with Crippen LogP contribution in [0.2, 0.25) is 0 Å². The number of hydrogen-bond acceptors (Lipinski definition) is 4. The van der Waals surface area contributed by atoms with Gasteiger partial charge in [-0.15, -0.1) is 0 Å². The first-order chi connectivity index (χ1) is 13.5. The van der Waals surface area contributed by atoms with Gasteiger partial charge in [-0.1, -0.05) is 12.1 Å². The van der Waals surface area contributed by atoms with Gasteiger partial charge in [0.15, 0.2) is 0 Å². The Morgan fingerprint density at radius 1 is 1.04 bits per heavy atom. The number of aryl methyl sites for hydroxylation is 1. The predicted octanol–water partition coefficient (Wildman–Crippen LogP) is 3.35. The van der Waals surface area contributed by atoms with E-state index in [9.17, 15) is 9.59 Å². The van der Waals surface area contributed by atoms with Gasteiger partial charge >= 0.3 is 0 Å². The van der Waals surface area contributed by atoms with Crippen molar-refractivity contribution in [1.29, 1.82) is 0 Å². The van der Waals surface area contributed by atoms with Crippen LogP contribution in [0.15, 0.2) is 67.1 Å². The molecule has 1 N–H and O–H groups in total. The second kappa shape index (κ2) is 8.90. The van der Waals surface area contributed by atoms with Crippen molar-refractivity contribution < 1.29 is 9.59 Å². The number of nitrogens with zero attached hydrogens (tertiary/aromatic N) is 3. The highest BCUT2D eigenvalue weighted by Crippen LogP contribution is 2.12. The lowest BCUT2D eigenvalue weighted by Crippen LogP contribution is -2.29. The van der Waals surface area contributed by atoms with Crippen molar-refractivity contribution >= 4 is 17.5 Å². The Balaban J connectivity index is 1.66. The number of amides is 2. The molecule has 2 amide bonds. The van der Waals surface area contributed by atoms with Gasteiger partial charge in [-0.2, -0.15) is 0 Å². The SMILES string of the molecule is Cc1cccc(NC(=O)c2cc(C(=O)N(C)CCc3ccncc3)ccn2)c1. The van der Waals surface area contributed by atoms with Crippen molar-refractivity contribution in [2.24, 2.45) is 0 Å². The monoisotopic (exact) mass is 374 g/mol. The van der Waals surface area contributed by atoms with E-state index in [0.717, 1.165) is 17.5 Å². The van der Waals surface area contributed by atoms with E-state index in [2.05, 4.69) is 15.3 Å². The molecule has 6 nitrogen and oxygen atoms in total. The van der Waals surface area contributed by atoms with Crippen LogP contribution in [0, 0.1) is 6.92 Å². The van der Waals surface area contributed by atoms with E-state index in [1.54, 1.807) is 30.4 Å². The molecule has 0 bridgehead atoms. The van der Waals surface area contributed by atoms with E-state index in [-0.39, 0.29) is 17.5 Å². The second-order valence-electron chi connectivity index (χ2n) is 6.59. The third kappa shape index (κ3) is 5.01. The number of carbonyl (C=O) groups is 2. The lowest BCUT2D eigenvalue weighted by molar-refractivity contribution is 0.0796. The van der Waals surface area contributed by atoms with E-state index >= 15 is 0 Å². The van der Waals surface area contributed by atoms with E-state index in [4.69, 9.17) is 0 Å². The zero-order valence-electron chi connectivity index (χ0n) is 15.9. The smallest absolute Gasteiger partial charge is 0.274 e. The topological polar surface area (TPSA) is 75.2 Å². The van der Waals surface area contributed by atoms with Crippen LogP contribution in [-0.2, 0) is 6.42 Å². The van der Waals surface area contributed by atoms with Gasteiger partial charge in [0.05, 0.1) is 0 Å². The Labute approximate surface area is 164 Å². The van der Waals surface area contributed by atoms with Crippen LogP contribution in [0.5, 0.6) is 0 Å². The van der Waals surface area contributed by atoms with Crippen LogP contribution >= 0.6 is 0 Å². The number of rotatable bonds is 6. The van der Waals surface area contributed by atoms with Gasteiger partial charge in [0.1, 0.15) is 5.69 Å². The first-order valence-electron chi connectivity index (χ1n) is 9.01. The molecule has 3 aromatic rings. The number of likely N-dealkylation sites (N-methyl/N-ethyl adjacent to an activating group) is 1. The summed E-state index contributed by atoms with van der Waals surface area (Å²) in [5.41, 5.74) is 3.49. The molecule has 1 aromatic carbocycles. The molecular weight excluding hydrogens is 352 g/mol. The Bertz CT molecular complexity index is 973. The highest BCUT2D eigenvalue weighted by Gasteiger charge is 2.15. The molecule has 0 aliphatic rings. The van der Waals surface area contributed by atoms with Gasteiger partial charge in [0, 0.05) is 43.4 Å². The molecule has 0 radical (unpaired) electrons. The molecule has 28 heavy (non-hydrogen) atoms. The summed E-state index contributed by atoms with van der Waals surface area (Å²) in [6.45, 7) is 2.52. The van der Waals surface area contributed by atoms with Crippen LogP contribution in [0.25, 0.3) is 0 Å². The summed E-state index contributed by atoms with van der Waals surface area (Å²) in [4.78, 5) is 34.9.